The lowest BCUT2D eigenvalue weighted by Gasteiger charge is -2.13. The van der Waals surface area contributed by atoms with Crippen LogP contribution in [-0.4, -0.2) is 24.9 Å². The molecule has 0 atom stereocenters. The van der Waals surface area contributed by atoms with Gasteiger partial charge in [0.05, 0.1) is 29.9 Å². The van der Waals surface area contributed by atoms with Crippen molar-refractivity contribution >= 4 is 45.9 Å². The lowest BCUT2D eigenvalue weighted by molar-refractivity contribution is -0.137. The summed E-state index contributed by atoms with van der Waals surface area (Å²) in [5.74, 6) is 0.951. The number of fused-ring (bicyclic) bond motifs is 1. The van der Waals surface area contributed by atoms with Crippen LogP contribution in [0.2, 0.25) is 10.2 Å². The molecule has 3 heterocycles. The highest BCUT2D eigenvalue weighted by Gasteiger charge is 2.31. The first-order valence-electron chi connectivity index (χ1n) is 9.64. The molecule has 0 unspecified atom stereocenters. The fraction of sp³-hybridized carbons (Fsp3) is 0.190. The molecule has 0 fully saturated rings. The topological polar surface area (TPSA) is 88.5 Å². The summed E-state index contributed by atoms with van der Waals surface area (Å²) >= 11 is 11.9. The maximum absolute atomic E-state index is 13.2. The molecule has 3 aromatic heterocycles. The Bertz CT molecular complexity index is 1290. The van der Waals surface area contributed by atoms with E-state index in [1.54, 1.807) is 18.3 Å². The van der Waals surface area contributed by atoms with Crippen molar-refractivity contribution in [3.8, 4) is 0 Å². The van der Waals surface area contributed by atoms with E-state index < -0.39 is 11.7 Å². The number of hydrogen-bond acceptors (Lipinski definition) is 7. The molecule has 0 saturated heterocycles. The zero-order valence-electron chi connectivity index (χ0n) is 17.1. The highest BCUT2D eigenvalue weighted by molar-refractivity contribution is 6.33. The van der Waals surface area contributed by atoms with E-state index in [4.69, 9.17) is 23.2 Å². The van der Waals surface area contributed by atoms with Gasteiger partial charge in [-0.05, 0) is 43.3 Å². The summed E-state index contributed by atoms with van der Waals surface area (Å²) in [5.41, 5.74) is 0.616. The van der Waals surface area contributed by atoms with Crippen molar-refractivity contribution in [3.05, 3.63) is 75.5 Å². The molecule has 4 aromatic rings. The van der Waals surface area contributed by atoms with Crippen LogP contribution >= 0.6 is 23.2 Å². The number of pyridine rings is 1. The molecule has 12 heteroatoms. The van der Waals surface area contributed by atoms with Gasteiger partial charge in [-0.15, -0.1) is 0 Å². The maximum Gasteiger partial charge on any atom is 0.416 e. The van der Waals surface area contributed by atoms with Crippen molar-refractivity contribution in [2.24, 2.45) is 0 Å². The Hall–Kier alpha value is -3.24. The van der Waals surface area contributed by atoms with E-state index in [1.807, 2.05) is 6.92 Å². The number of alkyl halides is 3. The summed E-state index contributed by atoms with van der Waals surface area (Å²) in [6, 6.07) is 8.17. The minimum absolute atomic E-state index is 0.104. The minimum Gasteiger partial charge on any atom is -0.362 e. The number of anilines is 2. The van der Waals surface area contributed by atoms with Crippen molar-refractivity contribution < 1.29 is 13.2 Å². The molecule has 0 aliphatic heterocycles. The molecule has 1 aromatic carbocycles. The zero-order valence-corrected chi connectivity index (χ0v) is 18.6. The molecule has 0 aliphatic rings. The smallest absolute Gasteiger partial charge is 0.362 e. The van der Waals surface area contributed by atoms with Crippen molar-refractivity contribution in [3.63, 3.8) is 0 Å². The van der Waals surface area contributed by atoms with Crippen LogP contribution in [0.3, 0.4) is 0 Å². The van der Waals surface area contributed by atoms with E-state index in [1.165, 1.54) is 12.1 Å². The van der Waals surface area contributed by atoms with Gasteiger partial charge < -0.3 is 10.6 Å². The van der Waals surface area contributed by atoms with Gasteiger partial charge in [-0.1, -0.05) is 23.2 Å². The average Bonchev–Trinajstić information content (AvgIpc) is 2.74. The van der Waals surface area contributed by atoms with E-state index >= 15 is 0 Å². The van der Waals surface area contributed by atoms with Gasteiger partial charge in [-0.25, -0.2) is 19.9 Å². The van der Waals surface area contributed by atoms with E-state index in [2.05, 4.69) is 35.6 Å². The summed E-state index contributed by atoms with van der Waals surface area (Å²) in [4.78, 5) is 21.3. The van der Waals surface area contributed by atoms with Gasteiger partial charge in [0.1, 0.15) is 16.8 Å². The lowest BCUT2D eigenvalue weighted by Crippen LogP contribution is -2.11. The number of nitrogens with zero attached hydrogens (tertiary/aromatic N) is 5. The number of aromatic nitrogens is 5. The van der Waals surface area contributed by atoms with Crippen molar-refractivity contribution in [1.82, 2.24) is 24.9 Å². The van der Waals surface area contributed by atoms with Crippen LogP contribution in [0.5, 0.6) is 0 Å². The Kier molecular flexibility index (Phi) is 6.48. The monoisotopic (exact) mass is 493 g/mol. The summed E-state index contributed by atoms with van der Waals surface area (Å²) < 4.78 is 39.7. The van der Waals surface area contributed by atoms with Gasteiger partial charge in [0.2, 0.25) is 5.95 Å². The molecule has 4 rings (SSSR count). The predicted octanol–water partition coefficient (Wildman–Crippen LogP) is 5.67. The number of benzene rings is 1. The first-order chi connectivity index (χ1) is 15.7. The Morgan fingerprint density at radius 2 is 1.73 bits per heavy atom. The summed E-state index contributed by atoms with van der Waals surface area (Å²) in [5, 5.41) is 7.09. The summed E-state index contributed by atoms with van der Waals surface area (Å²) in [6.45, 7) is 2.22. The molecule has 0 bridgehead atoms. The second-order valence-corrected chi connectivity index (χ2v) is 7.87. The third kappa shape index (κ3) is 5.77. The second-order valence-electron chi connectivity index (χ2n) is 7.05. The van der Waals surface area contributed by atoms with Crippen LogP contribution in [0.1, 0.15) is 22.8 Å². The molecule has 7 nitrogen and oxygen atoms in total. The maximum atomic E-state index is 13.2. The fourth-order valence-corrected chi connectivity index (χ4v) is 3.56. The van der Waals surface area contributed by atoms with Crippen LogP contribution in [-0.2, 0) is 19.3 Å². The zero-order chi connectivity index (χ0) is 23.6. The average molecular weight is 494 g/mol. The molecule has 0 aliphatic carbocycles. The normalized spacial score (nSPS) is 11.6. The number of nitrogens with one attached hydrogen (secondary N) is 2. The van der Waals surface area contributed by atoms with E-state index in [0.29, 0.717) is 27.7 Å². The van der Waals surface area contributed by atoms with Crippen LogP contribution in [0.15, 0.2) is 42.6 Å². The largest absolute Gasteiger partial charge is 0.416 e. The molecule has 0 radical (unpaired) electrons. The van der Waals surface area contributed by atoms with Crippen LogP contribution < -0.4 is 10.6 Å². The Morgan fingerprint density at radius 1 is 0.909 bits per heavy atom. The highest BCUT2D eigenvalue weighted by atomic mass is 35.5. The van der Waals surface area contributed by atoms with Gasteiger partial charge in [0.25, 0.3) is 0 Å². The molecule has 2 N–H and O–H groups in total. The van der Waals surface area contributed by atoms with Crippen LogP contribution in [0, 0.1) is 6.92 Å². The quantitative estimate of drug-likeness (QED) is 0.334. The van der Waals surface area contributed by atoms with Gasteiger partial charge in [-0.3, -0.25) is 0 Å². The second kappa shape index (κ2) is 9.32. The van der Waals surface area contributed by atoms with E-state index in [9.17, 15) is 13.2 Å². The van der Waals surface area contributed by atoms with Crippen molar-refractivity contribution in [2.75, 3.05) is 10.6 Å². The van der Waals surface area contributed by atoms with Gasteiger partial charge in [-0.2, -0.15) is 18.2 Å². The van der Waals surface area contributed by atoms with Gasteiger partial charge in [0.15, 0.2) is 0 Å². The third-order valence-electron chi connectivity index (χ3n) is 4.52. The van der Waals surface area contributed by atoms with Gasteiger partial charge in [0, 0.05) is 22.3 Å². The Labute approximate surface area is 196 Å². The molecular weight excluding hydrogens is 478 g/mol. The van der Waals surface area contributed by atoms with Crippen LogP contribution in [0.4, 0.5) is 24.9 Å². The Balaban J connectivity index is 1.67. The first-order valence-corrected chi connectivity index (χ1v) is 10.4. The Morgan fingerprint density at radius 3 is 2.45 bits per heavy atom. The van der Waals surface area contributed by atoms with E-state index in [-0.39, 0.29) is 29.7 Å². The lowest BCUT2D eigenvalue weighted by atomic mass is 10.1. The molecule has 0 spiro atoms. The van der Waals surface area contributed by atoms with Crippen molar-refractivity contribution in [2.45, 2.75) is 26.2 Å². The van der Waals surface area contributed by atoms with E-state index in [0.717, 1.165) is 17.8 Å². The number of hydrogen-bond donors (Lipinski definition) is 2. The first kappa shape index (κ1) is 22.9. The molecule has 33 heavy (non-hydrogen) atoms. The molecule has 170 valence electrons. The number of rotatable bonds is 6. The SMILES string of the molecule is Cc1ccnc(CNc2nc(NCc3cc(Cl)cc(Cl)n3)nc3cc(C(F)(F)F)ccc23)n1. The number of halogens is 5. The fourth-order valence-electron chi connectivity index (χ4n) is 3.05. The minimum atomic E-state index is -4.50. The standard InChI is InChI=1S/C21H16Cl2F3N7/c1-11-4-5-27-18(30-11)10-28-19-15-3-2-12(21(24,25)26)6-16(15)32-20(33-19)29-9-14-7-13(22)8-17(23)31-14/h2-8H,9-10H2,1H3,(H2,28,29,32,33). The molecule has 0 saturated carbocycles. The number of aryl methyl sites for hydroxylation is 1. The van der Waals surface area contributed by atoms with Crippen LogP contribution in [0.25, 0.3) is 10.9 Å². The van der Waals surface area contributed by atoms with Crippen molar-refractivity contribution in [1.29, 1.82) is 0 Å². The molecular formula is C21H16Cl2F3N7. The molecule has 0 amide bonds. The summed E-state index contributed by atoms with van der Waals surface area (Å²) in [6.07, 6.45) is -2.87. The van der Waals surface area contributed by atoms with Gasteiger partial charge >= 0.3 is 6.18 Å². The third-order valence-corrected chi connectivity index (χ3v) is 4.93. The summed E-state index contributed by atoms with van der Waals surface area (Å²) in [7, 11) is 0. The highest BCUT2D eigenvalue weighted by Crippen LogP contribution is 2.33. The predicted molar refractivity (Wildman–Crippen MR) is 120 cm³/mol.